The van der Waals surface area contributed by atoms with E-state index < -0.39 is 12.1 Å². The molecule has 0 aliphatic rings. The summed E-state index contributed by atoms with van der Waals surface area (Å²) in [6.45, 7) is 0.241. The molecule has 7 nitrogen and oxygen atoms in total. The lowest BCUT2D eigenvalue weighted by Crippen LogP contribution is -2.19. The molecule has 180 valence electrons. The smallest absolute Gasteiger partial charge is 0.280 e. The van der Waals surface area contributed by atoms with E-state index in [-0.39, 0.29) is 23.0 Å². The van der Waals surface area contributed by atoms with Gasteiger partial charge in [0.05, 0.1) is 26.5 Å². The molecule has 2 aromatic carbocycles. The lowest BCUT2D eigenvalue weighted by atomic mass is 10.1. The van der Waals surface area contributed by atoms with Crippen LogP contribution in [0.1, 0.15) is 17.7 Å². The molecule has 0 saturated heterocycles. The molecule has 0 aliphatic heterocycles. The van der Waals surface area contributed by atoms with Crippen LogP contribution in [-0.4, -0.2) is 28.8 Å². The van der Waals surface area contributed by atoms with Crippen molar-refractivity contribution in [2.24, 2.45) is 0 Å². The first-order valence-electron chi connectivity index (χ1n) is 10.5. The fraction of sp³-hybridized carbons (Fsp3) is 0.160. The van der Waals surface area contributed by atoms with Gasteiger partial charge in [-0.15, -0.1) is 0 Å². The van der Waals surface area contributed by atoms with E-state index in [1.165, 1.54) is 23.8 Å². The Morgan fingerprint density at radius 2 is 1.80 bits per heavy atom. The average Bonchev–Trinajstić information content (AvgIpc) is 2.85. The maximum atomic E-state index is 13.6. The van der Waals surface area contributed by atoms with Crippen molar-refractivity contribution < 1.29 is 18.3 Å². The number of halogens is 2. The highest BCUT2D eigenvalue weighted by Crippen LogP contribution is 2.31. The molecule has 2 N–H and O–H groups in total. The van der Waals surface area contributed by atoms with Gasteiger partial charge in [0.15, 0.2) is 16.7 Å². The van der Waals surface area contributed by atoms with E-state index in [0.717, 1.165) is 22.2 Å². The number of hydrogen-bond donors (Lipinski definition) is 1. The molecule has 0 saturated carbocycles. The van der Waals surface area contributed by atoms with Crippen LogP contribution in [0.5, 0.6) is 11.5 Å². The largest absolute Gasteiger partial charge is 0.493 e. The van der Waals surface area contributed by atoms with Crippen LogP contribution in [0.25, 0.3) is 11.3 Å². The van der Waals surface area contributed by atoms with Crippen molar-refractivity contribution in [2.75, 3.05) is 20.0 Å². The number of nitrogen functional groups attached to an aromatic ring is 1. The minimum absolute atomic E-state index is 0.154. The van der Waals surface area contributed by atoms with Gasteiger partial charge >= 0.3 is 0 Å². The lowest BCUT2D eigenvalue weighted by molar-refractivity contribution is 0.145. The third-order valence-electron chi connectivity index (χ3n) is 5.10. The summed E-state index contributed by atoms with van der Waals surface area (Å²) in [5.74, 6) is 1.11. The molecule has 0 spiro atoms. The van der Waals surface area contributed by atoms with E-state index in [1.807, 2.05) is 6.07 Å². The maximum Gasteiger partial charge on any atom is 0.280 e. The Morgan fingerprint density at radius 1 is 1.00 bits per heavy atom. The first-order chi connectivity index (χ1) is 16.9. The predicted molar refractivity (Wildman–Crippen MR) is 130 cm³/mol. The standard InChI is InChI=1S/C25H22F2N4O3S/c1-33-21-8-6-15(10-22(21)34-2)13-31-14-16(7-9-23(31)32)19-12-20(24(26)27)30-25(29-19)35-18-5-3-4-17(28)11-18/h3-12,14,24H,13,28H2,1-2H3. The van der Waals surface area contributed by atoms with Crippen molar-refractivity contribution in [3.63, 3.8) is 0 Å². The Bertz CT molecular complexity index is 1410. The highest BCUT2D eigenvalue weighted by Gasteiger charge is 2.16. The number of pyridine rings is 1. The van der Waals surface area contributed by atoms with Gasteiger partial charge < -0.3 is 19.8 Å². The molecule has 0 unspecified atom stereocenters. The summed E-state index contributed by atoms with van der Waals surface area (Å²) in [6.07, 6.45) is -1.19. The van der Waals surface area contributed by atoms with Gasteiger partial charge in [-0.2, -0.15) is 0 Å². The SMILES string of the molecule is COc1ccc(Cn2cc(-c3cc(C(F)F)nc(Sc4cccc(N)c4)n3)ccc2=O)cc1OC. The molecular weight excluding hydrogens is 474 g/mol. The minimum atomic E-state index is -2.78. The summed E-state index contributed by atoms with van der Waals surface area (Å²) >= 11 is 1.13. The molecule has 2 aromatic heterocycles. The second kappa shape index (κ2) is 10.6. The van der Waals surface area contributed by atoms with E-state index in [9.17, 15) is 13.6 Å². The number of benzene rings is 2. The number of methoxy groups -OCH3 is 2. The van der Waals surface area contributed by atoms with Gasteiger partial charge in [-0.25, -0.2) is 18.7 Å². The molecule has 0 radical (unpaired) electrons. The fourth-order valence-corrected chi connectivity index (χ4v) is 4.26. The van der Waals surface area contributed by atoms with E-state index >= 15 is 0 Å². The van der Waals surface area contributed by atoms with Crippen molar-refractivity contribution in [3.05, 3.63) is 88.5 Å². The summed E-state index contributed by atoms with van der Waals surface area (Å²) in [6, 6.07) is 16.5. The number of nitrogens with zero attached hydrogens (tertiary/aromatic N) is 3. The zero-order valence-electron chi connectivity index (χ0n) is 18.9. The quantitative estimate of drug-likeness (QED) is 0.270. The van der Waals surface area contributed by atoms with Crippen LogP contribution in [0.3, 0.4) is 0 Å². The van der Waals surface area contributed by atoms with Crippen LogP contribution in [0.2, 0.25) is 0 Å². The van der Waals surface area contributed by atoms with Crippen molar-refractivity contribution in [2.45, 2.75) is 23.0 Å². The second-order valence-corrected chi connectivity index (χ2v) is 8.55. The van der Waals surface area contributed by atoms with Crippen LogP contribution < -0.4 is 20.8 Å². The summed E-state index contributed by atoms with van der Waals surface area (Å²) in [4.78, 5) is 21.7. The van der Waals surface area contributed by atoms with Crippen LogP contribution in [-0.2, 0) is 6.54 Å². The van der Waals surface area contributed by atoms with Gasteiger partial charge in [-0.05, 0) is 59.8 Å². The van der Waals surface area contributed by atoms with Gasteiger partial charge in [-0.3, -0.25) is 4.79 Å². The number of ether oxygens (including phenoxy) is 2. The Labute approximate surface area is 204 Å². The summed E-state index contributed by atoms with van der Waals surface area (Å²) in [5.41, 5.74) is 7.30. The molecule has 0 bridgehead atoms. The fourth-order valence-electron chi connectivity index (χ4n) is 3.41. The molecule has 2 heterocycles. The summed E-state index contributed by atoms with van der Waals surface area (Å²) in [7, 11) is 3.07. The van der Waals surface area contributed by atoms with Crippen LogP contribution in [0, 0.1) is 0 Å². The number of hydrogen-bond acceptors (Lipinski definition) is 7. The normalized spacial score (nSPS) is 11.0. The number of aromatic nitrogens is 3. The van der Waals surface area contributed by atoms with Crippen LogP contribution in [0.15, 0.2) is 81.7 Å². The third kappa shape index (κ3) is 5.78. The van der Waals surface area contributed by atoms with Gasteiger partial charge in [0, 0.05) is 28.4 Å². The van der Waals surface area contributed by atoms with Gasteiger partial charge in [0.25, 0.3) is 12.0 Å². The lowest BCUT2D eigenvalue weighted by Gasteiger charge is -2.12. The molecule has 0 aliphatic carbocycles. The number of nitrogens with two attached hydrogens (primary N) is 1. The highest BCUT2D eigenvalue weighted by atomic mass is 32.2. The van der Waals surface area contributed by atoms with Crippen LogP contribution >= 0.6 is 11.8 Å². The molecule has 35 heavy (non-hydrogen) atoms. The first-order valence-corrected chi connectivity index (χ1v) is 11.3. The molecule has 0 fully saturated rings. The topological polar surface area (TPSA) is 92.3 Å². The Kier molecular flexibility index (Phi) is 7.31. The van der Waals surface area contributed by atoms with E-state index in [4.69, 9.17) is 15.2 Å². The van der Waals surface area contributed by atoms with E-state index in [2.05, 4.69) is 9.97 Å². The minimum Gasteiger partial charge on any atom is -0.493 e. The monoisotopic (exact) mass is 496 g/mol. The van der Waals surface area contributed by atoms with Gasteiger partial charge in [0.1, 0.15) is 5.69 Å². The molecule has 0 amide bonds. The molecule has 4 aromatic rings. The number of anilines is 1. The predicted octanol–water partition coefficient (Wildman–Crippen LogP) is 5.04. The first kappa shape index (κ1) is 24.2. The number of alkyl halides is 2. The zero-order valence-corrected chi connectivity index (χ0v) is 19.8. The Balaban J connectivity index is 1.70. The van der Waals surface area contributed by atoms with E-state index in [1.54, 1.807) is 55.8 Å². The summed E-state index contributed by atoms with van der Waals surface area (Å²) < 4.78 is 39.3. The second-order valence-electron chi connectivity index (χ2n) is 7.51. The Hall–Kier alpha value is -3.92. The van der Waals surface area contributed by atoms with Crippen molar-refractivity contribution in [1.82, 2.24) is 14.5 Å². The molecule has 0 atom stereocenters. The molecule has 10 heteroatoms. The zero-order chi connectivity index (χ0) is 24.9. The van der Waals surface area contributed by atoms with Crippen LogP contribution in [0.4, 0.5) is 14.5 Å². The molecular formula is C25H22F2N4O3S. The van der Waals surface area contributed by atoms with Gasteiger partial charge in [-0.1, -0.05) is 12.1 Å². The Morgan fingerprint density at radius 3 is 2.51 bits per heavy atom. The average molecular weight is 497 g/mol. The highest BCUT2D eigenvalue weighted by molar-refractivity contribution is 7.99. The van der Waals surface area contributed by atoms with E-state index in [0.29, 0.717) is 22.7 Å². The van der Waals surface area contributed by atoms with Crippen molar-refractivity contribution in [3.8, 4) is 22.8 Å². The maximum absolute atomic E-state index is 13.6. The summed E-state index contributed by atoms with van der Waals surface area (Å²) in [5, 5.41) is 0.154. The van der Waals surface area contributed by atoms with Crippen molar-refractivity contribution in [1.29, 1.82) is 0 Å². The third-order valence-corrected chi connectivity index (χ3v) is 5.95. The number of rotatable bonds is 8. The molecule has 4 rings (SSSR count). The van der Waals surface area contributed by atoms with Gasteiger partial charge in [0.2, 0.25) is 0 Å². The van der Waals surface area contributed by atoms with Crippen molar-refractivity contribution >= 4 is 17.4 Å².